The number of nitrogens with one attached hydrogen (secondary N) is 1. The zero-order chi connectivity index (χ0) is 17.7. The fourth-order valence-corrected chi connectivity index (χ4v) is 4.01. The van der Waals surface area contributed by atoms with Crippen molar-refractivity contribution in [2.24, 2.45) is 0 Å². The van der Waals surface area contributed by atoms with Crippen molar-refractivity contribution in [2.75, 3.05) is 11.9 Å². The molecule has 0 spiro atoms. The normalized spacial score (nSPS) is 13.0. The number of benzene rings is 3. The molecular weight excluding hydrogens is 365 g/mol. The summed E-state index contributed by atoms with van der Waals surface area (Å²) >= 11 is 12.6. The molecule has 5 heteroatoms. The van der Waals surface area contributed by atoms with E-state index in [2.05, 4.69) is 47.8 Å². The van der Waals surface area contributed by atoms with Crippen molar-refractivity contribution in [1.82, 2.24) is 9.78 Å². The molecule has 1 aromatic heterocycles. The van der Waals surface area contributed by atoms with Crippen LogP contribution in [0.3, 0.4) is 0 Å². The van der Waals surface area contributed by atoms with Gasteiger partial charge in [-0.15, -0.1) is 0 Å². The lowest BCUT2D eigenvalue weighted by molar-refractivity contribution is 0.883. The summed E-state index contributed by atoms with van der Waals surface area (Å²) in [6, 6.07) is 20.2. The van der Waals surface area contributed by atoms with Crippen molar-refractivity contribution in [3.05, 3.63) is 76.3 Å². The Morgan fingerprint density at radius 1 is 0.962 bits per heavy atom. The SMILES string of the molecule is Clc1ccc(Cl)c(-n2nc(-c3cccc4ccccc34)c3c2NCC3)c1. The highest BCUT2D eigenvalue weighted by molar-refractivity contribution is 6.34. The van der Waals surface area contributed by atoms with E-state index in [1.165, 1.54) is 16.3 Å². The van der Waals surface area contributed by atoms with Crippen LogP contribution < -0.4 is 5.32 Å². The Kier molecular flexibility index (Phi) is 3.66. The van der Waals surface area contributed by atoms with Gasteiger partial charge < -0.3 is 5.32 Å². The molecular formula is C21H15Cl2N3. The molecule has 3 nitrogen and oxygen atoms in total. The first-order chi connectivity index (χ1) is 12.7. The second kappa shape index (κ2) is 6.04. The minimum absolute atomic E-state index is 0.623. The molecule has 0 saturated heterocycles. The maximum atomic E-state index is 6.44. The van der Waals surface area contributed by atoms with Gasteiger partial charge in [0.15, 0.2) is 0 Å². The summed E-state index contributed by atoms with van der Waals surface area (Å²) in [6.07, 6.45) is 0.937. The van der Waals surface area contributed by atoms with Gasteiger partial charge in [-0.3, -0.25) is 0 Å². The number of nitrogens with zero attached hydrogens (tertiary/aromatic N) is 2. The van der Waals surface area contributed by atoms with Gasteiger partial charge in [-0.25, -0.2) is 4.68 Å². The molecule has 1 aliphatic rings. The molecule has 1 N–H and O–H groups in total. The van der Waals surface area contributed by atoms with Crippen LogP contribution in [0.4, 0.5) is 5.82 Å². The van der Waals surface area contributed by atoms with E-state index in [-0.39, 0.29) is 0 Å². The minimum Gasteiger partial charge on any atom is -0.369 e. The second-order valence-corrected chi connectivity index (χ2v) is 7.23. The zero-order valence-electron chi connectivity index (χ0n) is 13.8. The van der Waals surface area contributed by atoms with Gasteiger partial charge in [-0.1, -0.05) is 65.7 Å². The van der Waals surface area contributed by atoms with Crippen molar-refractivity contribution in [2.45, 2.75) is 6.42 Å². The summed E-state index contributed by atoms with van der Waals surface area (Å²) < 4.78 is 1.88. The van der Waals surface area contributed by atoms with E-state index in [9.17, 15) is 0 Å². The average Bonchev–Trinajstić information content (AvgIpc) is 3.26. The first-order valence-electron chi connectivity index (χ1n) is 8.52. The van der Waals surface area contributed by atoms with Crippen LogP contribution in [0.15, 0.2) is 60.7 Å². The lowest BCUT2D eigenvalue weighted by Gasteiger charge is -2.09. The minimum atomic E-state index is 0.623. The maximum Gasteiger partial charge on any atom is 0.133 e. The van der Waals surface area contributed by atoms with Crippen molar-refractivity contribution < 1.29 is 0 Å². The molecule has 3 aromatic carbocycles. The highest BCUT2D eigenvalue weighted by atomic mass is 35.5. The second-order valence-electron chi connectivity index (χ2n) is 6.39. The Hall–Kier alpha value is -2.49. The third-order valence-corrected chi connectivity index (χ3v) is 5.39. The van der Waals surface area contributed by atoms with Crippen LogP contribution in [0.25, 0.3) is 27.7 Å². The first kappa shape index (κ1) is 15.7. The molecule has 2 heterocycles. The summed E-state index contributed by atoms with van der Waals surface area (Å²) in [4.78, 5) is 0. The summed E-state index contributed by atoms with van der Waals surface area (Å²) in [5, 5.41) is 12.1. The summed E-state index contributed by atoms with van der Waals surface area (Å²) in [5.74, 6) is 0.997. The van der Waals surface area contributed by atoms with Crippen molar-refractivity contribution >= 4 is 39.8 Å². The number of anilines is 1. The molecule has 0 bridgehead atoms. The standard InChI is InChI=1S/C21H15Cl2N3/c22-14-8-9-18(23)19(12-14)26-21-17(10-11-24-21)20(25-26)16-7-3-5-13-4-1-2-6-15(13)16/h1-9,12,24H,10-11H2. The van der Waals surface area contributed by atoms with Crippen LogP contribution >= 0.6 is 23.2 Å². The Bertz CT molecular complexity index is 1140. The molecule has 128 valence electrons. The van der Waals surface area contributed by atoms with Crippen LogP contribution in [0, 0.1) is 0 Å². The van der Waals surface area contributed by atoms with Crippen LogP contribution in [-0.2, 0) is 6.42 Å². The van der Waals surface area contributed by atoms with Gasteiger partial charge in [-0.05, 0) is 35.4 Å². The number of rotatable bonds is 2. The molecule has 0 saturated carbocycles. The molecule has 26 heavy (non-hydrogen) atoms. The van der Waals surface area contributed by atoms with E-state index in [1.54, 1.807) is 12.1 Å². The fourth-order valence-electron chi connectivity index (χ4n) is 3.65. The van der Waals surface area contributed by atoms with E-state index in [4.69, 9.17) is 28.3 Å². The number of halogens is 2. The highest BCUT2D eigenvalue weighted by Gasteiger charge is 2.25. The van der Waals surface area contributed by atoms with Gasteiger partial charge in [0, 0.05) is 22.7 Å². The zero-order valence-corrected chi connectivity index (χ0v) is 15.3. The quantitative estimate of drug-likeness (QED) is 0.465. The largest absolute Gasteiger partial charge is 0.369 e. The lowest BCUT2D eigenvalue weighted by atomic mass is 9.99. The van der Waals surface area contributed by atoms with Crippen molar-refractivity contribution in [1.29, 1.82) is 0 Å². The van der Waals surface area contributed by atoms with Gasteiger partial charge in [0.2, 0.25) is 0 Å². The number of hydrogen-bond donors (Lipinski definition) is 1. The number of hydrogen-bond acceptors (Lipinski definition) is 2. The van der Waals surface area contributed by atoms with Crippen molar-refractivity contribution in [3.8, 4) is 16.9 Å². The number of fused-ring (bicyclic) bond motifs is 2. The topological polar surface area (TPSA) is 29.9 Å². The Morgan fingerprint density at radius 3 is 2.73 bits per heavy atom. The van der Waals surface area contributed by atoms with Crippen LogP contribution in [-0.4, -0.2) is 16.3 Å². The Labute approximate surface area is 161 Å². The molecule has 5 rings (SSSR count). The van der Waals surface area contributed by atoms with Gasteiger partial charge in [0.05, 0.1) is 16.4 Å². The van der Waals surface area contributed by atoms with E-state index in [1.807, 2.05) is 10.7 Å². The molecule has 0 fully saturated rings. The van der Waals surface area contributed by atoms with E-state index >= 15 is 0 Å². The summed E-state index contributed by atoms with van der Waals surface area (Å²) in [6.45, 7) is 0.892. The highest BCUT2D eigenvalue weighted by Crippen LogP contribution is 2.39. The van der Waals surface area contributed by atoms with E-state index in [0.717, 1.165) is 35.7 Å². The summed E-state index contributed by atoms with van der Waals surface area (Å²) in [5.41, 5.74) is 4.14. The van der Waals surface area contributed by atoms with Crippen LogP contribution in [0.5, 0.6) is 0 Å². The third kappa shape index (κ3) is 2.39. The third-order valence-electron chi connectivity index (χ3n) is 4.83. The molecule has 0 atom stereocenters. The monoisotopic (exact) mass is 379 g/mol. The average molecular weight is 380 g/mol. The van der Waals surface area contributed by atoms with Gasteiger partial charge in [0.25, 0.3) is 0 Å². The molecule has 4 aromatic rings. The van der Waals surface area contributed by atoms with E-state index < -0.39 is 0 Å². The predicted octanol–water partition coefficient (Wildman–Crippen LogP) is 5.97. The predicted molar refractivity (Wildman–Crippen MR) is 109 cm³/mol. The molecule has 0 aliphatic carbocycles. The van der Waals surface area contributed by atoms with Crippen molar-refractivity contribution in [3.63, 3.8) is 0 Å². The maximum absolute atomic E-state index is 6.44. The molecule has 1 aliphatic heterocycles. The summed E-state index contributed by atoms with van der Waals surface area (Å²) in [7, 11) is 0. The Balaban J connectivity index is 1.78. The fraction of sp³-hybridized carbons (Fsp3) is 0.0952. The van der Waals surface area contributed by atoms with Gasteiger partial charge >= 0.3 is 0 Å². The molecule has 0 amide bonds. The molecule has 0 unspecified atom stereocenters. The van der Waals surface area contributed by atoms with Crippen LogP contribution in [0.1, 0.15) is 5.56 Å². The van der Waals surface area contributed by atoms with Crippen LogP contribution in [0.2, 0.25) is 10.0 Å². The Morgan fingerprint density at radius 2 is 1.81 bits per heavy atom. The first-order valence-corrected chi connectivity index (χ1v) is 9.27. The smallest absolute Gasteiger partial charge is 0.133 e. The lowest BCUT2D eigenvalue weighted by Crippen LogP contribution is -2.05. The molecule has 0 radical (unpaired) electrons. The van der Waals surface area contributed by atoms with Gasteiger partial charge in [0.1, 0.15) is 5.82 Å². The van der Waals surface area contributed by atoms with E-state index in [0.29, 0.717) is 10.0 Å². The van der Waals surface area contributed by atoms with Gasteiger partial charge in [-0.2, -0.15) is 5.10 Å². The number of aromatic nitrogens is 2.